The second-order valence-electron chi connectivity index (χ2n) is 5.14. The summed E-state index contributed by atoms with van der Waals surface area (Å²) in [6.45, 7) is 1.65. The molecule has 0 aliphatic carbocycles. The van der Waals surface area contributed by atoms with Crippen LogP contribution in [0.15, 0.2) is 12.4 Å². The van der Waals surface area contributed by atoms with Gasteiger partial charge in [0, 0.05) is 38.0 Å². The molecule has 3 heterocycles. The van der Waals surface area contributed by atoms with E-state index in [9.17, 15) is 4.79 Å². The number of carbonyl (C=O) groups is 1. The third-order valence-corrected chi connectivity index (χ3v) is 3.74. The highest BCUT2D eigenvalue weighted by molar-refractivity contribution is 5.76. The number of nitrogens with zero attached hydrogens (tertiary/aromatic N) is 2. The van der Waals surface area contributed by atoms with Crippen molar-refractivity contribution in [2.45, 2.75) is 50.8 Å². The standard InChI is InChI=1S/C13H19N3O2/c17-13(8-11-2-1-7-18-11)15-10-3-4-12-14-5-6-16(12)9-10/h5-6,10-11H,1-4,7-9H2,(H,15,17)/t10-,11+/m0/s1. The number of hydrogen-bond acceptors (Lipinski definition) is 3. The average molecular weight is 249 g/mol. The van der Waals surface area contributed by atoms with Gasteiger partial charge in [-0.15, -0.1) is 0 Å². The number of imidazole rings is 1. The van der Waals surface area contributed by atoms with Crippen LogP contribution in [-0.4, -0.2) is 34.2 Å². The number of hydrogen-bond donors (Lipinski definition) is 1. The van der Waals surface area contributed by atoms with Gasteiger partial charge < -0.3 is 14.6 Å². The summed E-state index contributed by atoms with van der Waals surface area (Å²) in [4.78, 5) is 16.2. The number of aryl methyl sites for hydroxylation is 1. The monoisotopic (exact) mass is 249 g/mol. The minimum absolute atomic E-state index is 0.121. The summed E-state index contributed by atoms with van der Waals surface area (Å²) >= 11 is 0. The average Bonchev–Trinajstić information content (AvgIpc) is 2.98. The van der Waals surface area contributed by atoms with E-state index in [1.165, 1.54) is 0 Å². The summed E-state index contributed by atoms with van der Waals surface area (Å²) in [5.41, 5.74) is 0. The van der Waals surface area contributed by atoms with Crippen LogP contribution >= 0.6 is 0 Å². The van der Waals surface area contributed by atoms with Gasteiger partial charge in [-0.3, -0.25) is 4.79 Å². The van der Waals surface area contributed by atoms with Crippen LogP contribution in [-0.2, 0) is 22.5 Å². The molecule has 1 amide bonds. The molecule has 98 valence electrons. The minimum Gasteiger partial charge on any atom is -0.378 e. The zero-order valence-corrected chi connectivity index (χ0v) is 10.5. The van der Waals surface area contributed by atoms with Crippen molar-refractivity contribution in [2.75, 3.05) is 6.61 Å². The van der Waals surface area contributed by atoms with E-state index < -0.39 is 0 Å². The number of fused-ring (bicyclic) bond motifs is 1. The quantitative estimate of drug-likeness (QED) is 0.865. The first-order chi connectivity index (χ1) is 8.81. The normalized spacial score (nSPS) is 26.9. The van der Waals surface area contributed by atoms with E-state index in [4.69, 9.17) is 4.74 Å². The van der Waals surface area contributed by atoms with Gasteiger partial charge in [-0.25, -0.2) is 4.98 Å². The van der Waals surface area contributed by atoms with E-state index in [1.54, 1.807) is 0 Å². The molecule has 1 fully saturated rings. The van der Waals surface area contributed by atoms with Crippen molar-refractivity contribution in [3.63, 3.8) is 0 Å². The Labute approximate surface area is 107 Å². The van der Waals surface area contributed by atoms with Crippen LogP contribution in [0, 0.1) is 0 Å². The van der Waals surface area contributed by atoms with Crippen molar-refractivity contribution in [3.8, 4) is 0 Å². The molecule has 1 aromatic heterocycles. The van der Waals surface area contributed by atoms with Crippen molar-refractivity contribution in [2.24, 2.45) is 0 Å². The molecule has 0 aromatic carbocycles. The molecule has 1 N–H and O–H groups in total. The molecule has 0 saturated carbocycles. The highest BCUT2D eigenvalue weighted by Gasteiger charge is 2.23. The molecule has 0 bridgehead atoms. The molecule has 1 saturated heterocycles. The molecule has 5 heteroatoms. The lowest BCUT2D eigenvalue weighted by Crippen LogP contribution is -2.41. The topological polar surface area (TPSA) is 56.1 Å². The Hall–Kier alpha value is -1.36. The SMILES string of the molecule is O=C(C[C@H]1CCCO1)N[C@H]1CCc2nccn2C1. The van der Waals surface area contributed by atoms with Crippen molar-refractivity contribution < 1.29 is 9.53 Å². The molecule has 0 unspecified atom stereocenters. The lowest BCUT2D eigenvalue weighted by Gasteiger charge is -2.25. The molecule has 2 aliphatic rings. The molecule has 2 aliphatic heterocycles. The third kappa shape index (κ3) is 2.56. The Morgan fingerprint density at radius 2 is 2.50 bits per heavy atom. The summed E-state index contributed by atoms with van der Waals surface area (Å²) in [7, 11) is 0. The molecule has 3 rings (SSSR count). The summed E-state index contributed by atoms with van der Waals surface area (Å²) in [5, 5.41) is 3.11. The van der Waals surface area contributed by atoms with Gasteiger partial charge in [0.2, 0.25) is 5.91 Å². The number of amides is 1. The van der Waals surface area contributed by atoms with Gasteiger partial charge in [-0.2, -0.15) is 0 Å². The van der Waals surface area contributed by atoms with Gasteiger partial charge in [0.15, 0.2) is 0 Å². The van der Waals surface area contributed by atoms with Crippen molar-refractivity contribution in [3.05, 3.63) is 18.2 Å². The van der Waals surface area contributed by atoms with Gasteiger partial charge in [-0.05, 0) is 19.3 Å². The van der Waals surface area contributed by atoms with E-state index >= 15 is 0 Å². The molecule has 2 atom stereocenters. The number of ether oxygens (including phenoxy) is 1. The number of nitrogens with one attached hydrogen (secondary N) is 1. The van der Waals surface area contributed by atoms with Gasteiger partial charge in [-0.1, -0.05) is 0 Å². The van der Waals surface area contributed by atoms with Crippen molar-refractivity contribution in [1.82, 2.24) is 14.9 Å². The molecule has 5 nitrogen and oxygen atoms in total. The Bertz CT molecular complexity index is 424. The summed E-state index contributed by atoms with van der Waals surface area (Å²) in [5.74, 6) is 1.25. The van der Waals surface area contributed by atoms with E-state index in [0.717, 1.165) is 44.7 Å². The molecule has 0 spiro atoms. The van der Waals surface area contributed by atoms with Crippen LogP contribution in [0.25, 0.3) is 0 Å². The Kier molecular flexibility index (Phi) is 3.32. The first-order valence-electron chi connectivity index (χ1n) is 6.72. The molecule has 18 heavy (non-hydrogen) atoms. The lowest BCUT2D eigenvalue weighted by atomic mass is 10.1. The largest absolute Gasteiger partial charge is 0.378 e. The van der Waals surface area contributed by atoms with Gasteiger partial charge in [0.25, 0.3) is 0 Å². The summed E-state index contributed by atoms with van der Waals surface area (Å²) in [6.07, 6.45) is 8.47. The number of aromatic nitrogens is 2. The fourth-order valence-electron chi connectivity index (χ4n) is 2.78. The highest BCUT2D eigenvalue weighted by atomic mass is 16.5. The van der Waals surface area contributed by atoms with Crippen LogP contribution in [0.5, 0.6) is 0 Å². The van der Waals surface area contributed by atoms with Crippen LogP contribution in [0.2, 0.25) is 0 Å². The fraction of sp³-hybridized carbons (Fsp3) is 0.692. The molecular formula is C13H19N3O2. The van der Waals surface area contributed by atoms with Gasteiger partial charge in [0.1, 0.15) is 5.82 Å². The molecule has 0 radical (unpaired) electrons. The second-order valence-corrected chi connectivity index (χ2v) is 5.14. The predicted octanol–water partition coefficient (Wildman–Crippen LogP) is 0.883. The van der Waals surface area contributed by atoms with Gasteiger partial charge >= 0.3 is 0 Å². The number of rotatable bonds is 3. The third-order valence-electron chi connectivity index (χ3n) is 3.74. The Morgan fingerprint density at radius 3 is 3.33 bits per heavy atom. The lowest BCUT2D eigenvalue weighted by molar-refractivity contribution is -0.124. The van der Waals surface area contributed by atoms with Crippen molar-refractivity contribution in [1.29, 1.82) is 0 Å². The van der Waals surface area contributed by atoms with E-state index in [-0.39, 0.29) is 18.1 Å². The first-order valence-corrected chi connectivity index (χ1v) is 6.72. The zero-order chi connectivity index (χ0) is 12.4. The minimum atomic E-state index is 0.121. The maximum atomic E-state index is 11.9. The predicted molar refractivity (Wildman–Crippen MR) is 66.1 cm³/mol. The van der Waals surface area contributed by atoms with E-state index in [0.29, 0.717) is 6.42 Å². The van der Waals surface area contributed by atoms with E-state index in [2.05, 4.69) is 14.9 Å². The van der Waals surface area contributed by atoms with Crippen LogP contribution in [0.4, 0.5) is 0 Å². The van der Waals surface area contributed by atoms with Gasteiger partial charge in [0.05, 0.1) is 12.5 Å². The second kappa shape index (κ2) is 5.10. The summed E-state index contributed by atoms with van der Waals surface area (Å²) in [6, 6.07) is 0.237. The van der Waals surface area contributed by atoms with Crippen LogP contribution in [0.1, 0.15) is 31.5 Å². The fourth-order valence-corrected chi connectivity index (χ4v) is 2.78. The molecule has 1 aromatic rings. The molecular weight excluding hydrogens is 230 g/mol. The smallest absolute Gasteiger partial charge is 0.222 e. The first kappa shape index (κ1) is 11.7. The van der Waals surface area contributed by atoms with Crippen LogP contribution in [0.3, 0.4) is 0 Å². The number of carbonyl (C=O) groups excluding carboxylic acids is 1. The maximum Gasteiger partial charge on any atom is 0.222 e. The Balaban J connectivity index is 1.50. The Morgan fingerprint density at radius 1 is 1.56 bits per heavy atom. The highest BCUT2D eigenvalue weighted by Crippen LogP contribution is 2.16. The maximum absolute atomic E-state index is 11.9. The van der Waals surface area contributed by atoms with Crippen molar-refractivity contribution >= 4 is 5.91 Å². The zero-order valence-electron chi connectivity index (χ0n) is 10.5. The van der Waals surface area contributed by atoms with Crippen LogP contribution < -0.4 is 5.32 Å². The van der Waals surface area contributed by atoms with E-state index in [1.807, 2.05) is 12.4 Å². The summed E-state index contributed by atoms with van der Waals surface area (Å²) < 4.78 is 7.61.